The Hall–Kier alpha value is -0.880. The molecule has 0 spiro atoms. The van der Waals surface area contributed by atoms with Crippen LogP contribution in [-0.2, 0) is 36.8 Å². The third-order valence-electron chi connectivity index (χ3n) is 5.47. The van der Waals surface area contributed by atoms with Gasteiger partial charge in [-0.15, -0.1) is 0 Å². The van der Waals surface area contributed by atoms with Crippen LogP contribution in [0.5, 0.6) is 0 Å². The van der Waals surface area contributed by atoms with Gasteiger partial charge >= 0.3 is 15.6 Å². The Morgan fingerprint density at radius 3 is 2.50 bits per heavy atom. The molecule has 0 bridgehead atoms. The zero-order valence-corrected chi connectivity index (χ0v) is 21.4. The van der Waals surface area contributed by atoms with Crippen LogP contribution in [0.2, 0.25) is 0 Å². The first-order valence-electron chi connectivity index (χ1n) is 10.4. The van der Waals surface area contributed by atoms with Crippen LogP contribution in [0.25, 0.3) is 0 Å². The predicted octanol–water partition coefficient (Wildman–Crippen LogP) is -1.74. The monoisotopic (exact) mass is 578 g/mol. The third-order valence-corrected chi connectivity index (χ3v) is 8.68. The zero-order chi connectivity index (χ0) is 27.0. The lowest BCUT2D eigenvalue weighted by atomic mass is 10.0. The number of ether oxygens (including phenoxy) is 2. The van der Waals surface area contributed by atoms with Crippen LogP contribution in [0.4, 0.5) is 0 Å². The molecule has 3 rings (SSSR count). The molecule has 3 heterocycles. The molecular formula is C17H28N2O14P2S. The van der Waals surface area contributed by atoms with E-state index < -0.39 is 77.1 Å². The molecule has 1 amide bonds. The first-order chi connectivity index (χ1) is 16.6. The molecule has 2 fully saturated rings. The number of amides is 1. The van der Waals surface area contributed by atoms with Crippen LogP contribution in [-0.4, -0.2) is 103 Å². The summed E-state index contributed by atoms with van der Waals surface area (Å²) in [4.78, 5) is 32.9. The Bertz CT molecular complexity index is 981. The van der Waals surface area contributed by atoms with Crippen molar-refractivity contribution in [3.05, 3.63) is 24.2 Å². The number of aliphatic hydroxyl groups is 4. The van der Waals surface area contributed by atoms with Gasteiger partial charge in [0.2, 0.25) is 0 Å². The largest absolute Gasteiger partial charge is 0.483 e. The number of nitrogens with one attached hydrogen (secondary N) is 1. The van der Waals surface area contributed by atoms with E-state index in [4.69, 9.17) is 9.47 Å². The zero-order valence-electron chi connectivity index (χ0n) is 18.8. The molecule has 2 saturated heterocycles. The number of rotatable bonds is 9. The highest BCUT2D eigenvalue weighted by molar-refractivity contribution is 7.81. The van der Waals surface area contributed by atoms with Crippen molar-refractivity contribution < 1.29 is 67.0 Å². The lowest BCUT2D eigenvalue weighted by Gasteiger charge is -2.40. The molecule has 36 heavy (non-hydrogen) atoms. The van der Waals surface area contributed by atoms with E-state index in [1.807, 2.05) is 0 Å². The molecule has 3 aliphatic heterocycles. The van der Waals surface area contributed by atoms with E-state index in [1.54, 1.807) is 6.92 Å². The van der Waals surface area contributed by atoms with E-state index in [9.17, 15) is 44.1 Å². The second kappa shape index (κ2) is 11.5. The second-order valence-corrected chi connectivity index (χ2v) is 11.8. The van der Waals surface area contributed by atoms with E-state index in [1.165, 1.54) is 11.1 Å². The normalized spacial score (nSPS) is 38.8. The van der Waals surface area contributed by atoms with Crippen LogP contribution in [0.1, 0.15) is 13.3 Å². The summed E-state index contributed by atoms with van der Waals surface area (Å²) in [6.07, 6.45) is -8.22. The van der Waals surface area contributed by atoms with Crippen LogP contribution < -0.4 is 5.32 Å². The number of thiol groups is 1. The van der Waals surface area contributed by atoms with Gasteiger partial charge in [-0.05, 0) is 6.92 Å². The molecule has 16 nitrogen and oxygen atoms in total. The number of phosphoric ester groups is 2. The highest BCUT2D eigenvalue weighted by atomic mass is 32.1. The average Bonchev–Trinajstić information content (AvgIpc) is 3.14. The minimum Gasteiger partial charge on any atom is -0.394 e. The highest BCUT2D eigenvalue weighted by Gasteiger charge is 2.48. The fraction of sp³-hybridized carbons (Fsp3) is 0.706. The molecular weight excluding hydrogens is 550 g/mol. The van der Waals surface area contributed by atoms with Crippen molar-refractivity contribution in [2.24, 2.45) is 0 Å². The number of hydrogen-bond donors (Lipinski definition) is 8. The topological polar surface area (TPSA) is 234 Å². The number of carbonyl (C=O) groups is 1. The Labute approximate surface area is 210 Å². The summed E-state index contributed by atoms with van der Waals surface area (Å²) < 4.78 is 48.6. The molecule has 19 heteroatoms. The Morgan fingerprint density at radius 2 is 1.86 bits per heavy atom. The Balaban J connectivity index is 1.56. The molecule has 0 aliphatic carbocycles. The number of nitrogens with zero attached hydrogens (tertiary/aromatic N) is 1. The number of carbonyl (C=O) groups excluding carboxylic acids is 1. The van der Waals surface area contributed by atoms with Gasteiger partial charge in [-0.3, -0.25) is 13.8 Å². The van der Waals surface area contributed by atoms with Crippen LogP contribution in [0.3, 0.4) is 0 Å². The molecule has 206 valence electrons. The second-order valence-electron chi connectivity index (χ2n) is 8.17. The van der Waals surface area contributed by atoms with Gasteiger partial charge in [-0.2, -0.15) is 16.9 Å². The summed E-state index contributed by atoms with van der Waals surface area (Å²) >= 11 is 3.93. The quantitative estimate of drug-likeness (QED) is 0.112. The maximum Gasteiger partial charge on any atom is 0.483 e. The smallest absolute Gasteiger partial charge is 0.394 e. The predicted molar refractivity (Wildman–Crippen MR) is 120 cm³/mol. The van der Waals surface area contributed by atoms with Gasteiger partial charge in [0.15, 0.2) is 6.29 Å². The molecule has 0 aromatic rings. The first-order valence-corrected chi connectivity index (χ1v) is 14.0. The van der Waals surface area contributed by atoms with Crippen molar-refractivity contribution in [1.29, 1.82) is 0 Å². The van der Waals surface area contributed by atoms with E-state index in [2.05, 4.69) is 37.9 Å². The molecule has 0 aromatic heterocycles. The van der Waals surface area contributed by atoms with Crippen LogP contribution >= 0.6 is 28.3 Å². The van der Waals surface area contributed by atoms with Crippen molar-refractivity contribution in [3.8, 4) is 0 Å². The fourth-order valence-corrected chi connectivity index (χ4v) is 6.05. The number of aliphatic hydroxyl groups excluding tert-OH is 4. The van der Waals surface area contributed by atoms with E-state index in [0.717, 1.165) is 0 Å². The van der Waals surface area contributed by atoms with Crippen LogP contribution in [0.15, 0.2) is 24.2 Å². The molecule has 0 radical (unpaired) electrons. The van der Waals surface area contributed by atoms with Crippen molar-refractivity contribution in [2.45, 2.75) is 61.6 Å². The number of phosphoric acid groups is 2. The molecule has 10 atom stereocenters. The average molecular weight is 578 g/mol. The molecule has 3 aliphatic rings. The summed E-state index contributed by atoms with van der Waals surface area (Å²) in [7, 11) is -10.7. The van der Waals surface area contributed by atoms with Gasteiger partial charge in [0.25, 0.3) is 5.91 Å². The number of hydrogen-bond acceptors (Lipinski definition) is 14. The highest BCUT2D eigenvalue weighted by Crippen LogP contribution is 2.61. The lowest BCUT2D eigenvalue weighted by molar-refractivity contribution is -0.241. The Morgan fingerprint density at radius 1 is 1.19 bits per heavy atom. The van der Waals surface area contributed by atoms with Gasteiger partial charge in [0.1, 0.15) is 30.4 Å². The van der Waals surface area contributed by atoms with Crippen molar-refractivity contribution in [1.82, 2.24) is 10.2 Å². The molecule has 7 N–H and O–H groups in total. The SMILES string of the molecule is C=C1NC(=O)C(C)=CN1[C@H]1CC(O)[C@@H](COP(=O)(O)OP(=O)(O)O[C@H]2OC(CO)[C@@H](O)[C@H](S)C2O)O1. The van der Waals surface area contributed by atoms with Gasteiger partial charge in [0.05, 0.1) is 30.7 Å². The summed E-state index contributed by atoms with van der Waals surface area (Å²) in [5, 5.41) is 40.6. The van der Waals surface area contributed by atoms with Gasteiger partial charge in [0, 0.05) is 18.2 Å². The maximum atomic E-state index is 12.3. The summed E-state index contributed by atoms with van der Waals surface area (Å²) in [6.45, 7) is 3.74. The third kappa shape index (κ3) is 6.95. The summed E-state index contributed by atoms with van der Waals surface area (Å²) in [5.74, 6) is -0.173. The van der Waals surface area contributed by atoms with Gasteiger partial charge < -0.3 is 49.9 Å². The van der Waals surface area contributed by atoms with Gasteiger partial charge in [-0.25, -0.2) is 9.13 Å². The minimum atomic E-state index is -5.43. The minimum absolute atomic E-state index is 0.00453. The summed E-state index contributed by atoms with van der Waals surface area (Å²) in [6, 6.07) is 0. The molecule has 0 saturated carbocycles. The first kappa shape index (κ1) is 29.7. The maximum absolute atomic E-state index is 12.3. The molecule has 5 unspecified atom stereocenters. The molecule has 0 aromatic carbocycles. The van der Waals surface area contributed by atoms with E-state index >= 15 is 0 Å². The van der Waals surface area contributed by atoms with E-state index in [-0.39, 0.29) is 18.1 Å². The van der Waals surface area contributed by atoms with E-state index in [0.29, 0.717) is 5.57 Å². The van der Waals surface area contributed by atoms with Crippen LogP contribution in [0, 0.1) is 0 Å². The fourth-order valence-electron chi connectivity index (χ4n) is 3.56. The Kier molecular flexibility index (Phi) is 9.46. The van der Waals surface area contributed by atoms with Crippen molar-refractivity contribution >= 4 is 34.2 Å². The standard InChI is InChI=1S/C17H28N2O14P2S/c1-7-4-19(8(2)18-16(7)24)12-3-9(21)11(30-12)6-29-34(25,26)33-35(27,28)32-17-14(23)15(36)13(22)10(5-20)31-17/h4,9-15,17,20-23,36H,2-3,5-6H2,1H3,(H,18,24)(H,25,26)(H,27,28)/t9?,10?,11-,12-,13-,14?,15+,17-/m1/s1. The van der Waals surface area contributed by atoms with Crippen molar-refractivity contribution in [3.63, 3.8) is 0 Å². The summed E-state index contributed by atoms with van der Waals surface area (Å²) in [5.41, 5.74) is 0.350. The lowest BCUT2D eigenvalue weighted by Crippen LogP contribution is -2.56. The van der Waals surface area contributed by atoms with Gasteiger partial charge in [-0.1, -0.05) is 6.58 Å². The van der Waals surface area contributed by atoms with Crippen molar-refractivity contribution in [2.75, 3.05) is 13.2 Å².